The Labute approximate surface area is 158 Å². The topological polar surface area (TPSA) is 68.9 Å². The fraction of sp³-hybridized carbons (Fsp3) is 0.381. The van der Waals surface area contributed by atoms with Gasteiger partial charge in [-0.05, 0) is 31.9 Å². The Morgan fingerprint density at radius 3 is 2.52 bits per heavy atom. The molecule has 0 aliphatic rings. The van der Waals surface area contributed by atoms with Gasteiger partial charge >= 0.3 is 5.69 Å². The van der Waals surface area contributed by atoms with E-state index in [0.29, 0.717) is 18.7 Å². The Morgan fingerprint density at radius 2 is 1.85 bits per heavy atom. The van der Waals surface area contributed by atoms with Gasteiger partial charge in [-0.1, -0.05) is 43.2 Å². The predicted molar refractivity (Wildman–Crippen MR) is 108 cm³/mol. The van der Waals surface area contributed by atoms with Gasteiger partial charge in [0, 0.05) is 24.8 Å². The van der Waals surface area contributed by atoms with Crippen molar-refractivity contribution < 1.29 is 4.79 Å². The maximum absolute atomic E-state index is 12.8. The van der Waals surface area contributed by atoms with Gasteiger partial charge in [0.15, 0.2) is 5.65 Å². The number of aromatic nitrogens is 3. The van der Waals surface area contributed by atoms with Crippen LogP contribution in [-0.2, 0) is 17.9 Å². The number of nitrogens with zero attached hydrogens (tertiary/aromatic N) is 3. The van der Waals surface area contributed by atoms with Gasteiger partial charge in [-0.15, -0.1) is 0 Å². The molecule has 1 aromatic carbocycles. The quantitative estimate of drug-likeness (QED) is 0.653. The first-order chi connectivity index (χ1) is 13.0. The fourth-order valence-electron chi connectivity index (χ4n) is 3.15. The van der Waals surface area contributed by atoms with Gasteiger partial charge in [0.25, 0.3) is 0 Å². The first-order valence-corrected chi connectivity index (χ1v) is 9.48. The minimum absolute atomic E-state index is 0.0110. The Kier molecular flexibility index (Phi) is 5.74. The summed E-state index contributed by atoms with van der Waals surface area (Å²) < 4.78 is 3.12. The molecule has 0 saturated heterocycles. The fourth-order valence-corrected chi connectivity index (χ4v) is 3.15. The zero-order valence-electron chi connectivity index (χ0n) is 16.2. The van der Waals surface area contributed by atoms with Crippen LogP contribution in [0.3, 0.4) is 0 Å². The molecule has 0 unspecified atom stereocenters. The molecule has 3 aromatic rings. The van der Waals surface area contributed by atoms with Crippen molar-refractivity contribution in [3.05, 3.63) is 52.6 Å². The minimum atomic E-state index is -0.202. The van der Waals surface area contributed by atoms with Crippen LogP contribution >= 0.6 is 0 Å². The van der Waals surface area contributed by atoms with Crippen LogP contribution in [0.4, 0.5) is 0 Å². The molecule has 0 aliphatic carbocycles. The van der Waals surface area contributed by atoms with Crippen molar-refractivity contribution >= 4 is 17.1 Å². The van der Waals surface area contributed by atoms with Gasteiger partial charge in [-0.2, -0.15) is 0 Å². The lowest BCUT2D eigenvalue weighted by atomic mass is 10.1. The van der Waals surface area contributed by atoms with Crippen LogP contribution in [0.5, 0.6) is 0 Å². The van der Waals surface area contributed by atoms with Gasteiger partial charge in [0.1, 0.15) is 6.54 Å². The summed E-state index contributed by atoms with van der Waals surface area (Å²) in [6.07, 6.45) is 3.70. The number of rotatable bonds is 7. The Balaban J connectivity index is 1.98. The molecule has 6 nitrogen and oxygen atoms in total. The van der Waals surface area contributed by atoms with Gasteiger partial charge in [0.2, 0.25) is 5.91 Å². The first kappa shape index (κ1) is 18.9. The van der Waals surface area contributed by atoms with Crippen molar-refractivity contribution in [1.29, 1.82) is 0 Å². The van der Waals surface area contributed by atoms with E-state index in [4.69, 9.17) is 0 Å². The van der Waals surface area contributed by atoms with Crippen LogP contribution in [-0.4, -0.2) is 26.6 Å². The Hall–Kier alpha value is -2.89. The highest BCUT2D eigenvalue weighted by molar-refractivity contribution is 5.81. The summed E-state index contributed by atoms with van der Waals surface area (Å²) in [4.78, 5) is 29.5. The van der Waals surface area contributed by atoms with Crippen LogP contribution in [0.1, 0.15) is 32.3 Å². The van der Waals surface area contributed by atoms with Crippen LogP contribution in [0.15, 0.2) is 41.3 Å². The van der Waals surface area contributed by atoms with E-state index < -0.39 is 0 Å². The second-order valence-electron chi connectivity index (χ2n) is 6.75. The summed E-state index contributed by atoms with van der Waals surface area (Å²) in [5.74, 6) is -0.162. The molecule has 2 aromatic heterocycles. The van der Waals surface area contributed by atoms with Crippen molar-refractivity contribution in [3.8, 4) is 11.1 Å². The number of hydrogen-bond acceptors (Lipinski definition) is 3. The van der Waals surface area contributed by atoms with Gasteiger partial charge < -0.3 is 5.32 Å². The number of aryl methyl sites for hydroxylation is 2. The molecule has 0 atom stereocenters. The molecular formula is C21H26N4O2. The van der Waals surface area contributed by atoms with Crippen molar-refractivity contribution in [3.63, 3.8) is 0 Å². The highest BCUT2D eigenvalue weighted by Gasteiger charge is 2.16. The molecule has 1 amide bonds. The Bertz CT molecular complexity index is 999. The molecule has 0 radical (unpaired) electrons. The molecule has 0 aliphatic heterocycles. The second kappa shape index (κ2) is 8.20. The number of pyridine rings is 1. The highest BCUT2D eigenvalue weighted by atomic mass is 16.2. The van der Waals surface area contributed by atoms with Crippen LogP contribution in [0.2, 0.25) is 0 Å². The molecule has 2 heterocycles. The molecule has 0 spiro atoms. The van der Waals surface area contributed by atoms with Crippen molar-refractivity contribution in [1.82, 2.24) is 19.4 Å². The lowest BCUT2D eigenvalue weighted by Gasteiger charge is -2.06. The highest BCUT2D eigenvalue weighted by Crippen LogP contribution is 2.23. The number of carbonyl (C=O) groups excluding carboxylic acids is 1. The molecule has 142 valence electrons. The number of fused-ring (bicyclic) bond motifs is 1. The van der Waals surface area contributed by atoms with E-state index in [2.05, 4.69) is 29.4 Å². The Morgan fingerprint density at radius 1 is 1.11 bits per heavy atom. The van der Waals surface area contributed by atoms with Crippen molar-refractivity contribution in [2.45, 2.75) is 46.7 Å². The van der Waals surface area contributed by atoms with Gasteiger partial charge in [0.05, 0.1) is 5.52 Å². The van der Waals surface area contributed by atoms with E-state index >= 15 is 0 Å². The second-order valence-corrected chi connectivity index (χ2v) is 6.75. The monoisotopic (exact) mass is 366 g/mol. The maximum Gasteiger partial charge on any atom is 0.330 e. The summed E-state index contributed by atoms with van der Waals surface area (Å²) in [6.45, 7) is 7.18. The number of unbranched alkanes of at least 4 members (excludes halogenated alkanes) is 1. The van der Waals surface area contributed by atoms with Crippen LogP contribution in [0, 0.1) is 6.92 Å². The normalized spacial score (nSPS) is 11.1. The lowest BCUT2D eigenvalue weighted by Crippen LogP contribution is -2.33. The first-order valence-electron chi connectivity index (χ1n) is 9.48. The molecule has 3 rings (SSSR count). The van der Waals surface area contributed by atoms with Crippen molar-refractivity contribution in [2.24, 2.45) is 0 Å². The average Bonchev–Trinajstić information content (AvgIpc) is 2.93. The van der Waals surface area contributed by atoms with Crippen LogP contribution < -0.4 is 11.0 Å². The summed E-state index contributed by atoms with van der Waals surface area (Å²) >= 11 is 0. The molecule has 6 heteroatoms. The summed E-state index contributed by atoms with van der Waals surface area (Å²) in [5, 5.41) is 2.86. The molecular weight excluding hydrogens is 340 g/mol. The minimum Gasteiger partial charge on any atom is -0.355 e. The molecule has 0 saturated carbocycles. The van der Waals surface area contributed by atoms with E-state index in [0.717, 1.165) is 29.5 Å². The maximum atomic E-state index is 12.8. The molecule has 27 heavy (non-hydrogen) atoms. The largest absolute Gasteiger partial charge is 0.355 e. The summed E-state index contributed by atoms with van der Waals surface area (Å²) in [5.41, 5.74) is 4.29. The van der Waals surface area contributed by atoms with E-state index in [-0.39, 0.29) is 18.1 Å². The SMILES string of the molecule is CCCCNC(=O)Cn1c(=O)n(CC)c2cc(-c3ccc(C)cc3)cnc21. The van der Waals surface area contributed by atoms with E-state index in [1.807, 2.05) is 32.0 Å². The third kappa shape index (κ3) is 3.94. The molecule has 1 N–H and O–H groups in total. The standard InChI is InChI=1S/C21H26N4O2/c1-4-6-11-22-19(26)14-25-20-18(24(5-2)21(25)27)12-17(13-23-20)16-9-7-15(3)8-10-16/h7-10,12-13H,4-6,11,14H2,1-3H3,(H,22,26). The van der Waals surface area contributed by atoms with Crippen molar-refractivity contribution in [2.75, 3.05) is 6.54 Å². The number of carbonyl (C=O) groups is 1. The molecule has 0 bridgehead atoms. The summed E-state index contributed by atoms with van der Waals surface area (Å²) in [7, 11) is 0. The third-order valence-corrected chi connectivity index (χ3v) is 4.71. The zero-order valence-corrected chi connectivity index (χ0v) is 16.2. The van der Waals surface area contributed by atoms with E-state index in [9.17, 15) is 9.59 Å². The zero-order chi connectivity index (χ0) is 19.4. The van der Waals surface area contributed by atoms with E-state index in [1.54, 1.807) is 10.8 Å². The van der Waals surface area contributed by atoms with Gasteiger partial charge in [-0.25, -0.2) is 9.78 Å². The lowest BCUT2D eigenvalue weighted by molar-refractivity contribution is -0.121. The number of amides is 1. The summed E-state index contributed by atoms with van der Waals surface area (Å²) in [6, 6.07) is 10.2. The van der Waals surface area contributed by atoms with Gasteiger partial charge in [-0.3, -0.25) is 13.9 Å². The number of imidazole rings is 1. The predicted octanol–water partition coefficient (Wildman–Crippen LogP) is 3.11. The number of nitrogens with one attached hydrogen (secondary N) is 1. The average molecular weight is 366 g/mol. The van der Waals surface area contributed by atoms with Crippen LogP contribution in [0.25, 0.3) is 22.3 Å². The smallest absolute Gasteiger partial charge is 0.330 e. The number of benzene rings is 1. The molecule has 0 fully saturated rings. The van der Waals surface area contributed by atoms with E-state index in [1.165, 1.54) is 10.1 Å². The third-order valence-electron chi connectivity index (χ3n) is 4.71. The number of hydrogen-bond donors (Lipinski definition) is 1.